The van der Waals surface area contributed by atoms with Crippen molar-refractivity contribution >= 4 is 16.9 Å². The summed E-state index contributed by atoms with van der Waals surface area (Å²) in [6.45, 7) is 4.29. The third-order valence-corrected chi connectivity index (χ3v) is 3.79. The summed E-state index contributed by atoms with van der Waals surface area (Å²) in [6, 6.07) is 17.1. The number of nitrogens with zero attached hydrogens (tertiary/aromatic N) is 1. The number of hydrogen-bond acceptors (Lipinski definition) is 2. The van der Waals surface area contributed by atoms with Crippen LogP contribution in [0.25, 0.3) is 11.0 Å². The van der Waals surface area contributed by atoms with Crippen molar-refractivity contribution in [1.29, 1.82) is 0 Å². The molecular formula is C19H21N3O. The molecule has 2 aromatic carbocycles. The van der Waals surface area contributed by atoms with Crippen LogP contribution < -0.4 is 5.32 Å². The molecule has 0 fully saturated rings. The SMILES string of the molecule is CC(C)CC(NC(=O)c1ccccc1)c1nc2ccccc2[nH]1. The molecule has 3 rings (SSSR count). The zero-order valence-electron chi connectivity index (χ0n) is 13.4. The number of H-pyrrole nitrogens is 1. The maximum absolute atomic E-state index is 12.5. The van der Waals surface area contributed by atoms with Crippen LogP contribution >= 0.6 is 0 Å². The molecule has 0 saturated heterocycles. The lowest BCUT2D eigenvalue weighted by Crippen LogP contribution is -2.30. The average Bonchev–Trinajstić information content (AvgIpc) is 2.98. The highest BCUT2D eigenvalue weighted by Crippen LogP contribution is 2.22. The van der Waals surface area contributed by atoms with E-state index in [1.54, 1.807) is 0 Å². The predicted octanol–water partition coefficient (Wildman–Crippen LogP) is 4.08. The maximum Gasteiger partial charge on any atom is 0.251 e. The minimum absolute atomic E-state index is 0.0725. The van der Waals surface area contributed by atoms with Crippen LogP contribution in [0.5, 0.6) is 0 Å². The number of imidazole rings is 1. The number of carbonyl (C=O) groups is 1. The number of hydrogen-bond donors (Lipinski definition) is 2. The largest absolute Gasteiger partial charge is 0.342 e. The summed E-state index contributed by atoms with van der Waals surface area (Å²) >= 11 is 0. The van der Waals surface area contributed by atoms with E-state index >= 15 is 0 Å². The molecule has 0 radical (unpaired) electrons. The highest BCUT2D eigenvalue weighted by atomic mass is 16.1. The van der Waals surface area contributed by atoms with E-state index in [1.165, 1.54) is 0 Å². The summed E-state index contributed by atoms with van der Waals surface area (Å²) in [7, 11) is 0. The van der Waals surface area contributed by atoms with Gasteiger partial charge in [0.15, 0.2) is 0 Å². The number of fused-ring (bicyclic) bond motifs is 1. The molecule has 1 atom stereocenters. The summed E-state index contributed by atoms with van der Waals surface area (Å²) < 4.78 is 0. The minimum Gasteiger partial charge on any atom is -0.342 e. The molecular weight excluding hydrogens is 286 g/mol. The van der Waals surface area contributed by atoms with Crippen LogP contribution in [0, 0.1) is 5.92 Å². The lowest BCUT2D eigenvalue weighted by atomic mass is 10.0. The number of benzene rings is 2. The molecule has 4 nitrogen and oxygen atoms in total. The summed E-state index contributed by atoms with van der Waals surface area (Å²) in [5.74, 6) is 1.19. The Labute approximate surface area is 136 Å². The van der Waals surface area contributed by atoms with Crippen LogP contribution in [-0.4, -0.2) is 15.9 Å². The summed E-state index contributed by atoms with van der Waals surface area (Å²) in [5, 5.41) is 3.11. The molecule has 0 aliphatic heterocycles. The fourth-order valence-electron chi connectivity index (χ4n) is 2.68. The van der Waals surface area contributed by atoms with Gasteiger partial charge in [-0.3, -0.25) is 4.79 Å². The van der Waals surface area contributed by atoms with Gasteiger partial charge in [0.1, 0.15) is 5.82 Å². The number of rotatable bonds is 5. The quantitative estimate of drug-likeness (QED) is 0.746. The fraction of sp³-hybridized carbons (Fsp3) is 0.263. The molecule has 0 bridgehead atoms. The van der Waals surface area contributed by atoms with Gasteiger partial charge in [-0.2, -0.15) is 0 Å². The highest BCUT2D eigenvalue weighted by molar-refractivity contribution is 5.94. The summed E-state index contributed by atoms with van der Waals surface area (Å²) in [4.78, 5) is 20.4. The average molecular weight is 307 g/mol. The lowest BCUT2D eigenvalue weighted by molar-refractivity contribution is 0.0930. The standard InChI is InChI=1S/C19H21N3O/c1-13(2)12-17(22-19(23)14-8-4-3-5-9-14)18-20-15-10-6-7-11-16(15)21-18/h3-11,13,17H,12H2,1-2H3,(H,20,21)(H,22,23). The van der Waals surface area contributed by atoms with Gasteiger partial charge in [0, 0.05) is 5.56 Å². The van der Waals surface area contributed by atoms with E-state index in [9.17, 15) is 4.79 Å². The molecule has 0 aliphatic rings. The lowest BCUT2D eigenvalue weighted by Gasteiger charge is -2.18. The molecule has 4 heteroatoms. The van der Waals surface area contributed by atoms with Gasteiger partial charge in [0.25, 0.3) is 5.91 Å². The van der Waals surface area contributed by atoms with E-state index in [0.29, 0.717) is 11.5 Å². The first kappa shape index (κ1) is 15.3. The van der Waals surface area contributed by atoms with Crippen LogP contribution in [0.3, 0.4) is 0 Å². The van der Waals surface area contributed by atoms with Crippen LogP contribution in [-0.2, 0) is 0 Å². The second-order valence-corrected chi connectivity index (χ2v) is 6.16. The van der Waals surface area contributed by atoms with E-state index in [1.807, 2.05) is 54.6 Å². The molecule has 0 spiro atoms. The van der Waals surface area contributed by atoms with Gasteiger partial charge in [0.05, 0.1) is 17.1 Å². The highest BCUT2D eigenvalue weighted by Gasteiger charge is 2.20. The zero-order chi connectivity index (χ0) is 16.2. The smallest absolute Gasteiger partial charge is 0.251 e. The van der Waals surface area contributed by atoms with Crippen molar-refractivity contribution in [2.45, 2.75) is 26.3 Å². The van der Waals surface area contributed by atoms with E-state index in [4.69, 9.17) is 0 Å². The normalized spacial score (nSPS) is 12.5. The Bertz CT molecular complexity index is 759. The van der Waals surface area contributed by atoms with Crippen LogP contribution in [0.15, 0.2) is 54.6 Å². The minimum atomic E-state index is -0.130. The van der Waals surface area contributed by atoms with Gasteiger partial charge in [-0.1, -0.05) is 44.2 Å². The molecule has 1 unspecified atom stereocenters. The molecule has 23 heavy (non-hydrogen) atoms. The first-order valence-corrected chi connectivity index (χ1v) is 7.94. The second-order valence-electron chi connectivity index (χ2n) is 6.16. The molecule has 118 valence electrons. The monoisotopic (exact) mass is 307 g/mol. The number of amides is 1. The summed E-state index contributed by atoms with van der Waals surface area (Å²) in [6.07, 6.45) is 0.832. The van der Waals surface area contributed by atoms with Crippen molar-refractivity contribution in [3.8, 4) is 0 Å². The Balaban J connectivity index is 1.87. The number of carbonyl (C=O) groups excluding carboxylic acids is 1. The molecule has 0 aliphatic carbocycles. The molecule has 1 heterocycles. The Kier molecular flexibility index (Phi) is 4.42. The van der Waals surface area contributed by atoms with Crippen molar-refractivity contribution in [3.05, 3.63) is 66.0 Å². The Morgan fingerprint density at radius 2 is 1.78 bits per heavy atom. The maximum atomic E-state index is 12.5. The zero-order valence-corrected chi connectivity index (χ0v) is 13.4. The van der Waals surface area contributed by atoms with Gasteiger partial charge < -0.3 is 10.3 Å². The Morgan fingerprint density at radius 1 is 1.09 bits per heavy atom. The van der Waals surface area contributed by atoms with Gasteiger partial charge in [-0.25, -0.2) is 4.98 Å². The van der Waals surface area contributed by atoms with E-state index < -0.39 is 0 Å². The molecule has 2 N–H and O–H groups in total. The van der Waals surface area contributed by atoms with E-state index in [2.05, 4.69) is 29.1 Å². The number of aromatic nitrogens is 2. The third kappa shape index (κ3) is 3.59. The predicted molar refractivity (Wildman–Crippen MR) is 92.2 cm³/mol. The van der Waals surface area contributed by atoms with Gasteiger partial charge in [0.2, 0.25) is 0 Å². The van der Waals surface area contributed by atoms with Gasteiger partial charge in [-0.05, 0) is 36.6 Å². The van der Waals surface area contributed by atoms with Gasteiger partial charge >= 0.3 is 0 Å². The second kappa shape index (κ2) is 6.65. The van der Waals surface area contributed by atoms with E-state index in [0.717, 1.165) is 23.3 Å². The van der Waals surface area contributed by atoms with Crippen LogP contribution in [0.1, 0.15) is 42.5 Å². The van der Waals surface area contributed by atoms with Crippen LogP contribution in [0.2, 0.25) is 0 Å². The molecule has 0 saturated carbocycles. The van der Waals surface area contributed by atoms with Crippen LogP contribution in [0.4, 0.5) is 0 Å². The first-order valence-electron chi connectivity index (χ1n) is 7.94. The van der Waals surface area contributed by atoms with Crippen molar-refractivity contribution in [2.24, 2.45) is 5.92 Å². The molecule has 3 aromatic rings. The Morgan fingerprint density at radius 3 is 2.48 bits per heavy atom. The fourth-order valence-corrected chi connectivity index (χ4v) is 2.68. The summed E-state index contributed by atoms with van der Waals surface area (Å²) in [5.41, 5.74) is 2.58. The number of aromatic amines is 1. The number of nitrogens with one attached hydrogen (secondary N) is 2. The number of para-hydroxylation sites is 2. The Hall–Kier alpha value is -2.62. The van der Waals surface area contributed by atoms with Gasteiger partial charge in [-0.15, -0.1) is 0 Å². The van der Waals surface area contributed by atoms with Crippen molar-refractivity contribution in [3.63, 3.8) is 0 Å². The topological polar surface area (TPSA) is 57.8 Å². The molecule has 1 aromatic heterocycles. The van der Waals surface area contributed by atoms with Crippen molar-refractivity contribution in [1.82, 2.24) is 15.3 Å². The van der Waals surface area contributed by atoms with Crippen molar-refractivity contribution < 1.29 is 4.79 Å². The van der Waals surface area contributed by atoms with E-state index in [-0.39, 0.29) is 11.9 Å². The third-order valence-electron chi connectivity index (χ3n) is 3.79. The first-order chi connectivity index (χ1) is 11.1. The molecule has 1 amide bonds. The van der Waals surface area contributed by atoms with Crippen molar-refractivity contribution in [2.75, 3.05) is 0 Å².